The molecule has 0 aliphatic carbocycles. The lowest BCUT2D eigenvalue weighted by molar-refractivity contribution is -0.136. The Bertz CT molecular complexity index is 594. The van der Waals surface area contributed by atoms with Crippen LogP contribution in [0.3, 0.4) is 0 Å². The van der Waals surface area contributed by atoms with Crippen molar-refractivity contribution in [3.63, 3.8) is 0 Å². The molecule has 0 aromatic heterocycles. The van der Waals surface area contributed by atoms with E-state index in [1.165, 1.54) is 0 Å². The van der Waals surface area contributed by atoms with Gasteiger partial charge in [0.15, 0.2) is 7.14 Å². The SMILES string of the molecule is CCC[C@H](C(=O)O)P(=O)(c1ccccc1)c1ccccc1. The quantitative estimate of drug-likeness (QED) is 0.833. The number of carboxylic acids is 1. The van der Waals surface area contributed by atoms with Gasteiger partial charge < -0.3 is 9.67 Å². The third-order valence-corrected chi connectivity index (χ3v) is 7.05. The van der Waals surface area contributed by atoms with Gasteiger partial charge in [0.2, 0.25) is 0 Å². The second-order valence-electron chi connectivity index (χ2n) is 4.97. The standard InChI is InChI=1S/C17H19O3P/c1-2-9-16(17(18)19)21(20,14-10-5-3-6-11-14)15-12-7-4-8-13-15/h3-8,10-13,16H,2,9H2,1H3,(H,18,19)/t16-/m1/s1. The van der Waals surface area contributed by atoms with Crippen molar-refractivity contribution in [2.24, 2.45) is 0 Å². The van der Waals surface area contributed by atoms with Crippen LogP contribution in [-0.2, 0) is 9.36 Å². The van der Waals surface area contributed by atoms with Crippen LogP contribution in [-0.4, -0.2) is 16.7 Å². The van der Waals surface area contributed by atoms with Crippen LogP contribution in [0.15, 0.2) is 60.7 Å². The monoisotopic (exact) mass is 302 g/mol. The summed E-state index contributed by atoms with van der Waals surface area (Å²) in [6.45, 7) is 1.91. The van der Waals surface area contributed by atoms with Gasteiger partial charge in [-0.05, 0) is 6.42 Å². The summed E-state index contributed by atoms with van der Waals surface area (Å²) in [7, 11) is -3.21. The summed E-state index contributed by atoms with van der Waals surface area (Å²) >= 11 is 0. The molecule has 0 saturated carbocycles. The lowest BCUT2D eigenvalue weighted by Crippen LogP contribution is -2.31. The summed E-state index contributed by atoms with van der Waals surface area (Å²) in [6, 6.07) is 17.9. The highest BCUT2D eigenvalue weighted by molar-refractivity contribution is 7.80. The normalized spacial score (nSPS) is 12.8. The van der Waals surface area contributed by atoms with Gasteiger partial charge in [0.25, 0.3) is 0 Å². The van der Waals surface area contributed by atoms with Crippen LogP contribution in [0.5, 0.6) is 0 Å². The van der Waals surface area contributed by atoms with E-state index in [0.29, 0.717) is 23.5 Å². The summed E-state index contributed by atoms with van der Waals surface area (Å²) in [6.07, 6.45) is 1.08. The van der Waals surface area contributed by atoms with Crippen molar-refractivity contribution in [3.8, 4) is 0 Å². The maximum Gasteiger partial charge on any atom is 0.314 e. The first-order chi connectivity index (χ1) is 10.1. The molecule has 4 heteroatoms. The predicted molar refractivity (Wildman–Crippen MR) is 86.1 cm³/mol. The lowest BCUT2D eigenvalue weighted by atomic mass is 10.2. The zero-order chi connectivity index (χ0) is 15.3. The summed E-state index contributed by atoms with van der Waals surface area (Å²) in [4.78, 5) is 11.7. The van der Waals surface area contributed by atoms with E-state index in [0.717, 1.165) is 0 Å². The minimum absolute atomic E-state index is 0.399. The fourth-order valence-corrected chi connectivity index (χ4v) is 5.72. The molecule has 0 bridgehead atoms. The van der Waals surface area contributed by atoms with Gasteiger partial charge in [-0.2, -0.15) is 0 Å². The maximum atomic E-state index is 13.8. The molecule has 3 nitrogen and oxygen atoms in total. The maximum absolute atomic E-state index is 13.8. The fourth-order valence-electron chi connectivity index (χ4n) is 2.54. The Labute approximate surface area is 125 Å². The fraction of sp³-hybridized carbons (Fsp3) is 0.235. The number of rotatable bonds is 6. The molecular weight excluding hydrogens is 283 g/mol. The minimum Gasteiger partial charge on any atom is -0.481 e. The molecule has 0 amide bonds. The summed E-state index contributed by atoms with van der Waals surface area (Å²) < 4.78 is 13.8. The van der Waals surface area contributed by atoms with Crippen molar-refractivity contribution in [2.45, 2.75) is 25.4 Å². The van der Waals surface area contributed by atoms with Crippen molar-refractivity contribution in [1.29, 1.82) is 0 Å². The van der Waals surface area contributed by atoms with Crippen LogP contribution >= 0.6 is 7.14 Å². The van der Waals surface area contributed by atoms with Crippen LogP contribution in [0.1, 0.15) is 19.8 Å². The van der Waals surface area contributed by atoms with Crippen LogP contribution in [0.4, 0.5) is 0 Å². The van der Waals surface area contributed by atoms with E-state index in [2.05, 4.69) is 0 Å². The summed E-state index contributed by atoms with van der Waals surface area (Å²) in [5.74, 6) is -0.993. The van der Waals surface area contributed by atoms with E-state index in [1.807, 2.05) is 19.1 Å². The topological polar surface area (TPSA) is 54.4 Å². The second-order valence-corrected chi connectivity index (χ2v) is 7.94. The molecule has 2 aromatic rings. The number of hydrogen-bond donors (Lipinski definition) is 1. The van der Waals surface area contributed by atoms with E-state index in [1.54, 1.807) is 48.5 Å². The van der Waals surface area contributed by atoms with Crippen molar-refractivity contribution >= 4 is 23.7 Å². The van der Waals surface area contributed by atoms with Crippen molar-refractivity contribution in [1.82, 2.24) is 0 Å². The van der Waals surface area contributed by atoms with E-state index in [9.17, 15) is 14.5 Å². The predicted octanol–water partition coefficient (Wildman–Crippen LogP) is 3.25. The van der Waals surface area contributed by atoms with Gasteiger partial charge in [0.1, 0.15) is 5.66 Å². The number of benzene rings is 2. The Morgan fingerprint density at radius 1 is 1.00 bits per heavy atom. The molecule has 21 heavy (non-hydrogen) atoms. The molecule has 0 saturated heterocycles. The lowest BCUT2D eigenvalue weighted by Gasteiger charge is -2.25. The molecule has 1 atom stereocenters. The first-order valence-corrected chi connectivity index (χ1v) is 8.82. The summed E-state index contributed by atoms with van der Waals surface area (Å²) in [5, 5.41) is 10.8. The molecule has 1 N–H and O–H groups in total. The van der Waals surface area contributed by atoms with Crippen LogP contribution in [0.2, 0.25) is 0 Å². The molecule has 0 radical (unpaired) electrons. The molecule has 0 spiro atoms. The molecule has 2 aromatic carbocycles. The zero-order valence-corrected chi connectivity index (χ0v) is 12.9. The van der Waals surface area contributed by atoms with Crippen LogP contribution in [0.25, 0.3) is 0 Å². The Hall–Kier alpha value is -1.86. The molecule has 0 aliphatic rings. The number of aliphatic carboxylic acids is 1. The van der Waals surface area contributed by atoms with Crippen LogP contribution < -0.4 is 10.6 Å². The molecule has 0 heterocycles. The second kappa shape index (κ2) is 6.73. The van der Waals surface area contributed by atoms with Crippen molar-refractivity contribution in [3.05, 3.63) is 60.7 Å². The van der Waals surface area contributed by atoms with Gasteiger partial charge in [-0.15, -0.1) is 0 Å². The third kappa shape index (κ3) is 3.08. The van der Waals surface area contributed by atoms with E-state index in [-0.39, 0.29) is 0 Å². The van der Waals surface area contributed by atoms with Crippen LogP contribution in [0, 0.1) is 0 Å². The first-order valence-electron chi connectivity index (χ1n) is 7.04. The average molecular weight is 302 g/mol. The molecule has 0 unspecified atom stereocenters. The highest BCUT2D eigenvalue weighted by atomic mass is 31.2. The molecule has 0 fully saturated rings. The smallest absolute Gasteiger partial charge is 0.314 e. The number of carboxylic acid groups (broad SMARTS) is 1. The first kappa shape index (κ1) is 15.5. The largest absolute Gasteiger partial charge is 0.481 e. The zero-order valence-electron chi connectivity index (χ0n) is 12.0. The Morgan fingerprint density at radius 3 is 1.76 bits per heavy atom. The van der Waals surface area contributed by atoms with Gasteiger partial charge in [-0.25, -0.2) is 0 Å². The Balaban J connectivity index is 2.65. The molecule has 0 aliphatic heterocycles. The highest BCUT2D eigenvalue weighted by Crippen LogP contribution is 2.50. The van der Waals surface area contributed by atoms with Gasteiger partial charge in [0, 0.05) is 10.6 Å². The van der Waals surface area contributed by atoms with Gasteiger partial charge in [-0.1, -0.05) is 74.0 Å². The third-order valence-electron chi connectivity index (χ3n) is 3.57. The molecular formula is C17H19O3P. The van der Waals surface area contributed by atoms with Gasteiger partial charge >= 0.3 is 5.97 Å². The van der Waals surface area contributed by atoms with E-state index >= 15 is 0 Å². The van der Waals surface area contributed by atoms with Gasteiger partial charge in [-0.3, -0.25) is 4.79 Å². The average Bonchev–Trinajstić information content (AvgIpc) is 2.53. The summed E-state index contributed by atoms with van der Waals surface area (Å²) in [5.41, 5.74) is -0.882. The molecule has 110 valence electrons. The molecule has 2 rings (SSSR count). The van der Waals surface area contributed by atoms with E-state index in [4.69, 9.17) is 0 Å². The number of hydrogen-bond acceptors (Lipinski definition) is 2. The Morgan fingerprint density at radius 2 is 1.43 bits per heavy atom. The van der Waals surface area contributed by atoms with Crippen molar-refractivity contribution < 1.29 is 14.5 Å². The Kier molecular flexibility index (Phi) is 4.98. The van der Waals surface area contributed by atoms with Gasteiger partial charge in [0.05, 0.1) is 0 Å². The van der Waals surface area contributed by atoms with E-state index < -0.39 is 18.8 Å². The minimum atomic E-state index is -3.21. The van der Waals surface area contributed by atoms with Crippen molar-refractivity contribution in [2.75, 3.05) is 0 Å². The number of carbonyl (C=O) groups is 1. The highest BCUT2D eigenvalue weighted by Gasteiger charge is 2.40.